The molecule has 1 aromatic heterocycles. The summed E-state index contributed by atoms with van der Waals surface area (Å²) >= 11 is 6.05. The molecule has 1 aromatic carbocycles. The van der Waals surface area contributed by atoms with Gasteiger partial charge in [0.25, 0.3) is 0 Å². The number of hydrogen-bond acceptors (Lipinski definition) is 3. The second-order valence-electron chi connectivity index (χ2n) is 4.38. The van der Waals surface area contributed by atoms with Crippen LogP contribution in [0.15, 0.2) is 54.9 Å². The van der Waals surface area contributed by atoms with Crippen LogP contribution in [0, 0.1) is 0 Å². The van der Waals surface area contributed by atoms with E-state index in [2.05, 4.69) is 11.6 Å². The molecular formula is C16H14ClNO2. The van der Waals surface area contributed by atoms with Gasteiger partial charge in [-0.1, -0.05) is 48.5 Å². The normalized spacial score (nSPS) is 10.1. The lowest BCUT2D eigenvalue weighted by molar-refractivity contribution is 0.103. The van der Waals surface area contributed by atoms with Gasteiger partial charge < -0.3 is 4.74 Å². The van der Waals surface area contributed by atoms with Crippen molar-refractivity contribution < 1.29 is 9.53 Å². The summed E-state index contributed by atoms with van der Waals surface area (Å²) in [6.07, 6.45) is 2.91. The Kier molecular flexibility index (Phi) is 4.53. The first-order chi connectivity index (χ1) is 9.59. The molecule has 0 aliphatic heterocycles. The summed E-state index contributed by atoms with van der Waals surface area (Å²) in [7, 11) is 0. The molecular weight excluding hydrogens is 274 g/mol. The molecule has 0 aliphatic carbocycles. The first kappa shape index (κ1) is 14.3. The van der Waals surface area contributed by atoms with Crippen LogP contribution < -0.4 is 4.74 Å². The van der Waals surface area contributed by atoms with Crippen molar-refractivity contribution in [1.82, 2.24) is 4.98 Å². The molecule has 0 bridgehead atoms. The molecule has 0 N–H and O–H groups in total. The Morgan fingerprint density at radius 1 is 1.30 bits per heavy atom. The van der Waals surface area contributed by atoms with E-state index in [1.165, 1.54) is 12.4 Å². The minimum atomic E-state index is -0.236. The maximum atomic E-state index is 12.1. The third-order valence-corrected chi connectivity index (χ3v) is 3.00. The zero-order valence-corrected chi connectivity index (χ0v) is 11.9. The maximum absolute atomic E-state index is 12.1. The highest BCUT2D eigenvalue weighted by Gasteiger charge is 2.17. The van der Waals surface area contributed by atoms with Crippen molar-refractivity contribution in [1.29, 1.82) is 0 Å². The number of ketones is 1. The van der Waals surface area contributed by atoms with E-state index in [4.69, 9.17) is 16.3 Å². The monoisotopic (exact) mass is 287 g/mol. The number of rotatable bonds is 5. The van der Waals surface area contributed by atoms with Gasteiger partial charge in [-0.15, -0.1) is 0 Å². The molecule has 0 aliphatic rings. The van der Waals surface area contributed by atoms with Crippen LogP contribution in [0.4, 0.5) is 0 Å². The smallest absolute Gasteiger partial charge is 0.193 e. The Morgan fingerprint density at radius 3 is 2.65 bits per heavy atom. The van der Waals surface area contributed by atoms with E-state index in [1.54, 1.807) is 6.92 Å². The number of pyridine rings is 1. The number of ether oxygens (including phenoxy) is 1. The number of carbonyl (C=O) groups is 1. The lowest BCUT2D eigenvalue weighted by Crippen LogP contribution is -2.06. The Balaban J connectivity index is 2.26. The fourth-order valence-electron chi connectivity index (χ4n) is 1.70. The molecule has 4 heteroatoms. The zero-order chi connectivity index (χ0) is 14.5. The molecule has 20 heavy (non-hydrogen) atoms. The van der Waals surface area contributed by atoms with Gasteiger partial charge in [0, 0.05) is 6.20 Å². The third-order valence-electron chi connectivity index (χ3n) is 2.72. The number of hydrogen-bond donors (Lipinski definition) is 0. The maximum Gasteiger partial charge on any atom is 0.193 e. The third kappa shape index (κ3) is 3.25. The van der Waals surface area contributed by atoms with Crippen LogP contribution in [0.5, 0.6) is 5.75 Å². The Labute approximate surface area is 122 Å². The van der Waals surface area contributed by atoms with E-state index >= 15 is 0 Å². The molecule has 0 amide bonds. The average Bonchev–Trinajstić information content (AvgIpc) is 2.45. The number of aromatic nitrogens is 1. The van der Waals surface area contributed by atoms with Crippen molar-refractivity contribution in [3.8, 4) is 5.75 Å². The summed E-state index contributed by atoms with van der Waals surface area (Å²) in [5, 5.41) is 0.267. The quantitative estimate of drug-likeness (QED) is 0.614. The molecule has 0 atom stereocenters. The van der Waals surface area contributed by atoms with Crippen molar-refractivity contribution in [2.45, 2.75) is 13.5 Å². The predicted molar refractivity (Wildman–Crippen MR) is 79.2 cm³/mol. The predicted octanol–water partition coefficient (Wildman–Crippen LogP) is 4.07. The van der Waals surface area contributed by atoms with Crippen LogP contribution in [-0.2, 0) is 6.61 Å². The SMILES string of the molecule is C=C(C)C(=O)c1c(Cl)cncc1OCc1ccccc1. The molecule has 2 aromatic rings. The van der Waals surface area contributed by atoms with E-state index in [1.807, 2.05) is 30.3 Å². The molecule has 0 saturated heterocycles. The van der Waals surface area contributed by atoms with Crippen molar-refractivity contribution in [3.63, 3.8) is 0 Å². The van der Waals surface area contributed by atoms with Gasteiger partial charge in [0.1, 0.15) is 6.61 Å². The molecule has 2 rings (SSSR count). The van der Waals surface area contributed by atoms with E-state index < -0.39 is 0 Å². The summed E-state index contributed by atoms with van der Waals surface area (Å²) in [5.74, 6) is 0.134. The van der Waals surface area contributed by atoms with Crippen molar-refractivity contribution in [2.24, 2.45) is 0 Å². The first-order valence-electron chi connectivity index (χ1n) is 6.10. The van der Waals surface area contributed by atoms with Gasteiger partial charge in [-0.05, 0) is 18.1 Å². The number of benzene rings is 1. The molecule has 102 valence electrons. The highest BCUT2D eigenvalue weighted by Crippen LogP contribution is 2.28. The molecule has 0 radical (unpaired) electrons. The van der Waals surface area contributed by atoms with E-state index in [0.717, 1.165) is 5.56 Å². The minimum Gasteiger partial charge on any atom is -0.486 e. The first-order valence-corrected chi connectivity index (χ1v) is 6.48. The van der Waals surface area contributed by atoms with Crippen LogP contribution >= 0.6 is 11.6 Å². The van der Waals surface area contributed by atoms with Crippen LogP contribution in [0.2, 0.25) is 5.02 Å². The molecule has 0 saturated carbocycles. The second-order valence-corrected chi connectivity index (χ2v) is 4.79. The van der Waals surface area contributed by atoms with Crippen molar-refractivity contribution in [2.75, 3.05) is 0 Å². The number of Topliss-reactive ketones (excluding diaryl/α,β-unsaturated/α-hetero) is 1. The summed E-state index contributed by atoms with van der Waals surface area (Å²) in [6.45, 7) is 5.63. The van der Waals surface area contributed by atoms with E-state index in [0.29, 0.717) is 23.5 Å². The number of halogens is 1. The standard InChI is InChI=1S/C16H14ClNO2/c1-11(2)16(19)15-13(17)8-18-9-14(15)20-10-12-6-4-3-5-7-12/h3-9H,1,10H2,2H3. The van der Waals surface area contributed by atoms with Crippen molar-refractivity contribution >= 4 is 17.4 Å². The van der Waals surface area contributed by atoms with Gasteiger partial charge in [0.05, 0.1) is 16.8 Å². The Bertz CT molecular complexity index is 638. The van der Waals surface area contributed by atoms with Crippen LogP contribution in [-0.4, -0.2) is 10.8 Å². The molecule has 1 heterocycles. The Morgan fingerprint density at radius 2 is 2.00 bits per heavy atom. The van der Waals surface area contributed by atoms with Crippen LogP contribution in [0.25, 0.3) is 0 Å². The summed E-state index contributed by atoms with van der Waals surface area (Å²) in [5.41, 5.74) is 1.72. The molecule has 0 spiro atoms. The highest BCUT2D eigenvalue weighted by atomic mass is 35.5. The van der Waals surface area contributed by atoms with Gasteiger partial charge >= 0.3 is 0 Å². The number of nitrogens with zero attached hydrogens (tertiary/aromatic N) is 1. The number of allylic oxidation sites excluding steroid dienone is 1. The lowest BCUT2D eigenvalue weighted by atomic mass is 10.1. The fourth-order valence-corrected chi connectivity index (χ4v) is 1.93. The van der Waals surface area contributed by atoms with Gasteiger partial charge in [0.2, 0.25) is 0 Å². The van der Waals surface area contributed by atoms with Crippen molar-refractivity contribution in [3.05, 3.63) is 71.0 Å². The van der Waals surface area contributed by atoms with E-state index in [-0.39, 0.29) is 10.8 Å². The fraction of sp³-hybridized carbons (Fsp3) is 0.125. The van der Waals surface area contributed by atoms with Gasteiger partial charge in [-0.25, -0.2) is 0 Å². The summed E-state index contributed by atoms with van der Waals surface area (Å²) < 4.78 is 5.67. The number of carbonyl (C=O) groups excluding carboxylic acids is 1. The summed E-state index contributed by atoms with van der Waals surface area (Å²) in [4.78, 5) is 16.1. The van der Waals surface area contributed by atoms with Gasteiger partial charge in [-0.3, -0.25) is 9.78 Å². The minimum absolute atomic E-state index is 0.236. The molecule has 0 unspecified atom stereocenters. The average molecular weight is 288 g/mol. The Hall–Kier alpha value is -2.13. The lowest BCUT2D eigenvalue weighted by Gasteiger charge is -2.11. The molecule has 3 nitrogen and oxygen atoms in total. The van der Waals surface area contributed by atoms with E-state index in [9.17, 15) is 4.79 Å². The van der Waals surface area contributed by atoms with Gasteiger partial charge in [0.15, 0.2) is 11.5 Å². The van der Waals surface area contributed by atoms with Gasteiger partial charge in [-0.2, -0.15) is 0 Å². The second kappa shape index (κ2) is 6.35. The zero-order valence-electron chi connectivity index (χ0n) is 11.1. The van der Waals surface area contributed by atoms with Crippen LogP contribution in [0.3, 0.4) is 0 Å². The van der Waals surface area contributed by atoms with Crippen LogP contribution in [0.1, 0.15) is 22.8 Å². The largest absolute Gasteiger partial charge is 0.486 e. The summed E-state index contributed by atoms with van der Waals surface area (Å²) in [6, 6.07) is 9.67. The topological polar surface area (TPSA) is 39.2 Å². The molecule has 0 fully saturated rings. The highest BCUT2D eigenvalue weighted by molar-refractivity contribution is 6.35.